The Morgan fingerprint density at radius 3 is 1.40 bits per heavy atom. The molecule has 0 aromatic rings. The molecule has 3 N–H and O–H groups in total. The molecule has 0 aromatic heterocycles. The van der Waals surface area contributed by atoms with Crippen molar-refractivity contribution in [1.29, 1.82) is 5.41 Å². The van der Waals surface area contributed by atoms with Gasteiger partial charge in [0.1, 0.15) is 0 Å². The van der Waals surface area contributed by atoms with E-state index in [0.717, 1.165) is 0 Å². The zero-order chi connectivity index (χ0) is 8.73. The summed E-state index contributed by atoms with van der Waals surface area (Å²) in [6.45, 7) is 3.78. The topological polar surface area (TPSA) is 49.9 Å². The summed E-state index contributed by atoms with van der Waals surface area (Å²) in [7, 11) is 0. The van der Waals surface area contributed by atoms with Crippen LogP contribution in [0.2, 0.25) is 17.4 Å². The predicted molar refractivity (Wildman–Crippen MR) is 50.1 cm³/mol. The van der Waals surface area contributed by atoms with Gasteiger partial charge in [0.05, 0.1) is 5.84 Å². The summed E-state index contributed by atoms with van der Waals surface area (Å²) in [5, 5.41) is 6.73. The van der Waals surface area contributed by atoms with Crippen LogP contribution in [-0.4, -0.2) is 20.0 Å². The Labute approximate surface area is 68.7 Å². The molecule has 0 aliphatic heterocycles. The third kappa shape index (κ3) is 24.5. The van der Waals surface area contributed by atoms with Gasteiger partial charge in [-0.05, 0) is 0 Å². The molecule has 2 nitrogen and oxygen atoms in total. The summed E-state index contributed by atoms with van der Waals surface area (Å²) >= 11 is -0.139. The Kier molecular flexibility index (Phi) is 9.00. The number of rotatable bonds is 1. The van der Waals surface area contributed by atoms with Gasteiger partial charge >= 0.3 is 0 Å². The first kappa shape index (κ1) is 12.7. The summed E-state index contributed by atoms with van der Waals surface area (Å²) in [4.78, 5) is 0. The molecule has 0 aliphatic rings. The van der Waals surface area contributed by atoms with Crippen LogP contribution in [0.15, 0.2) is 0 Å². The lowest BCUT2D eigenvalue weighted by molar-refractivity contribution is 0.865. The second-order valence-electron chi connectivity index (χ2n) is 3.34. The van der Waals surface area contributed by atoms with E-state index >= 15 is 0 Å². The third-order valence-corrected chi connectivity index (χ3v) is 0.622. The fourth-order valence-corrected chi connectivity index (χ4v) is 0. The fraction of sp³-hybridized carbons (Fsp3) is 0.857. The number of nitrogens with one attached hydrogen (secondary N) is 1. The van der Waals surface area contributed by atoms with E-state index in [2.05, 4.69) is 17.4 Å². The molecule has 60 valence electrons. The van der Waals surface area contributed by atoms with Gasteiger partial charge in [0.25, 0.3) is 14.1 Å². The third-order valence-electron chi connectivity index (χ3n) is 0.622. The first-order valence-corrected chi connectivity index (χ1v) is 7.18. The smallest absolute Gasteiger partial charge is 0.251 e. The van der Waals surface area contributed by atoms with Crippen molar-refractivity contribution in [2.45, 2.75) is 31.2 Å². The van der Waals surface area contributed by atoms with Crippen molar-refractivity contribution in [2.24, 2.45) is 11.7 Å². The Morgan fingerprint density at radius 2 is 1.40 bits per heavy atom. The van der Waals surface area contributed by atoms with Gasteiger partial charge in [-0.1, -0.05) is 13.8 Å². The van der Waals surface area contributed by atoms with Crippen molar-refractivity contribution >= 4 is 20.0 Å². The largest absolute Gasteiger partial charge is 0.387 e. The molecule has 0 saturated carbocycles. The number of hydrogen-bond donors (Lipinski definition) is 2. The SMILES string of the molecule is CC(C)C(=N)N.[CH3][Al]([CH3])[CH3]. The molecule has 0 unspecified atom stereocenters. The fourth-order valence-electron chi connectivity index (χ4n) is 0. The van der Waals surface area contributed by atoms with Gasteiger partial charge in [-0.2, -0.15) is 0 Å². The van der Waals surface area contributed by atoms with Crippen LogP contribution in [0.3, 0.4) is 0 Å². The zero-order valence-electron chi connectivity index (χ0n) is 7.73. The van der Waals surface area contributed by atoms with Crippen LogP contribution in [0.4, 0.5) is 0 Å². The van der Waals surface area contributed by atoms with E-state index in [1.807, 2.05) is 13.8 Å². The molecule has 0 amide bonds. The second kappa shape index (κ2) is 7.11. The standard InChI is InChI=1S/C4H10N2.3CH3.Al/c1-3(2)4(5)6;;;;/h3H,1-2H3,(H3,5,6);3*1H3;. The van der Waals surface area contributed by atoms with E-state index in [4.69, 9.17) is 11.1 Å². The normalized spacial score (nSPS) is 8.20. The minimum atomic E-state index is -0.139. The van der Waals surface area contributed by atoms with Gasteiger partial charge in [0.15, 0.2) is 0 Å². The number of hydrogen-bond acceptors (Lipinski definition) is 1. The molecule has 0 spiro atoms. The van der Waals surface area contributed by atoms with Crippen molar-refractivity contribution in [3.8, 4) is 0 Å². The van der Waals surface area contributed by atoms with E-state index in [-0.39, 0.29) is 25.9 Å². The summed E-state index contributed by atoms with van der Waals surface area (Å²) in [6, 6.07) is 0. The highest BCUT2D eigenvalue weighted by atomic mass is 27.2. The van der Waals surface area contributed by atoms with Crippen molar-refractivity contribution in [2.75, 3.05) is 0 Å². The molecule has 0 atom stereocenters. The van der Waals surface area contributed by atoms with Crippen LogP contribution in [0, 0.1) is 11.3 Å². The molecule has 0 bridgehead atoms. The molecule has 0 aromatic carbocycles. The van der Waals surface area contributed by atoms with Crippen molar-refractivity contribution in [1.82, 2.24) is 0 Å². The van der Waals surface area contributed by atoms with Gasteiger partial charge in [-0.25, -0.2) is 0 Å². The van der Waals surface area contributed by atoms with E-state index in [9.17, 15) is 0 Å². The number of nitrogens with two attached hydrogens (primary N) is 1. The van der Waals surface area contributed by atoms with Crippen LogP contribution < -0.4 is 5.73 Å². The van der Waals surface area contributed by atoms with Gasteiger partial charge in [-0.3, -0.25) is 5.41 Å². The molecule has 0 rings (SSSR count). The average Bonchev–Trinajstić information content (AvgIpc) is 1.63. The first-order chi connectivity index (χ1) is 4.37. The van der Waals surface area contributed by atoms with E-state index in [1.165, 1.54) is 0 Å². The molecule has 0 fully saturated rings. The van der Waals surface area contributed by atoms with Crippen molar-refractivity contribution in [3.05, 3.63) is 0 Å². The lowest BCUT2D eigenvalue weighted by Crippen LogP contribution is -2.16. The Hall–Kier alpha value is 0.00247. The lowest BCUT2D eigenvalue weighted by atomic mass is 10.2. The highest BCUT2D eigenvalue weighted by Gasteiger charge is 1.91. The summed E-state index contributed by atoms with van der Waals surface area (Å²) in [5.74, 6) is 7.39. The molecule has 0 heterocycles. The van der Waals surface area contributed by atoms with Crippen LogP contribution >= 0.6 is 0 Å². The molecule has 0 aliphatic carbocycles. The Balaban J connectivity index is 0. The van der Waals surface area contributed by atoms with E-state index in [0.29, 0.717) is 0 Å². The van der Waals surface area contributed by atoms with Crippen LogP contribution in [-0.2, 0) is 0 Å². The average molecular weight is 158 g/mol. The first-order valence-electron chi connectivity index (χ1n) is 3.71. The molecule has 0 saturated heterocycles. The van der Waals surface area contributed by atoms with Crippen LogP contribution in [0.25, 0.3) is 0 Å². The molecule has 0 radical (unpaired) electrons. The maximum Gasteiger partial charge on any atom is 0.251 e. The monoisotopic (exact) mass is 158 g/mol. The summed E-state index contributed by atoms with van der Waals surface area (Å²) in [5.41, 5.74) is 5.02. The lowest BCUT2D eigenvalue weighted by Gasteiger charge is -1.95. The maximum absolute atomic E-state index is 6.73. The van der Waals surface area contributed by atoms with Gasteiger partial charge in [0, 0.05) is 5.92 Å². The highest BCUT2D eigenvalue weighted by molar-refractivity contribution is 6.54. The quantitative estimate of drug-likeness (QED) is 0.342. The van der Waals surface area contributed by atoms with Crippen LogP contribution in [0.5, 0.6) is 0 Å². The maximum atomic E-state index is 6.73. The van der Waals surface area contributed by atoms with Gasteiger partial charge in [0.2, 0.25) is 0 Å². The second-order valence-corrected chi connectivity index (χ2v) is 6.81. The van der Waals surface area contributed by atoms with E-state index in [1.54, 1.807) is 0 Å². The minimum Gasteiger partial charge on any atom is -0.387 e. The van der Waals surface area contributed by atoms with Gasteiger partial charge < -0.3 is 5.73 Å². The van der Waals surface area contributed by atoms with Gasteiger partial charge in [-0.15, -0.1) is 17.4 Å². The Bertz CT molecular complexity index is 86.9. The van der Waals surface area contributed by atoms with Crippen molar-refractivity contribution < 1.29 is 0 Å². The molecular formula is C7H19AlN2. The predicted octanol–water partition coefficient (Wildman–Crippen LogP) is 1.95. The van der Waals surface area contributed by atoms with Crippen molar-refractivity contribution in [3.63, 3.8) is 0 Å². The van der Waals surface area contributed by atoms with Crippen LogP contribution in [0.1, 0.15) is 13.8 Å². The van der Waals surface area contributed by atoms with E-state index < -0.39 is 0 Å². The number of amidine groups is 1. The highest BCUT2D eigenvalue weighted by Crippen LogP contribution is 1.85. The molecule has 3 heteroatoms. The summed E-state index contributed by atoms with van der Waals surface area (Å²) < 4.78 is 0. The molecule has 10 heavy (non-hydrogen) atoms. The zero-order valence-corrected chi connectivity index (χ0v) is 8.89. The minimum absolute atomic E-state index is 0.139. The summed E-state index contributed by atoms with van der Waals surface area (Å²) in [6.07, 6.45) is 0. The Morgan fingerprint density at radius 1 is 1.30 bits per heavy atom. The molecular weight excluding hydrogens is 139 g/mol.